The topological polar surface area (TPSA) is 66.9 Å². The fourth-order valence-electron chi connectivity index (χ4n) is 2.85. The standard InChI is InChI=1S/C22H24N4O/c1-14(2)17-5-7-18(8-6-17)26-22(27)20-12-24-21(13-23-20)25-19-10-15(3)9-16(4)11-19/h5-14H,1-4H3,(H,24,25)(H,26,27). The quantitative estimate of drug-likeness (QED) is 0.655. The van der Waals surface area contributed by atoms with Crippen LogP contribution in [0.5, 0.6) is 0 Å². The summed E-state index contributed by atoms with van der Waals surface area (Å²) in [5.74, 6) is 0.772. The molecule has 5 nitrogen and oxygen atoms in total. The molecule has 2 aromatic carbocycles. The van der Waals surface area contributed by atoms with Crippen molar-refractivity contribution in [2.24, 2.45) is 0 Å². The molecule has 3 aromatic rings. The number of aryl methyl sites for hydroxylation is 2. The van der Waals surface area contributed by atoms with Gasteiger partial charge < -0.3 is 10.6 Å². The Kier molecular flexibility index (Phi) is 5.50. The van der Waals surface area contributed by atoms with Gasteiger partial charge in [0.05, 0.1) is 12.4 Å². The van der Waals surface area contributed by atoms with Crippen LogP contribution >= 0.6 is 0 Å². The molecule has 27 heavy (non-hydrogen) atoms. The number of amides is 1. The molecule has 0 saturated carbocycles. The first-order chi connectivity index (χ1) is 12.9. The minimum atomic E-state index is -0.280. The first-order valence-corrected chi connectivity index (χ1v) is 8.99. The highest BCUT2D eigenvalue weighted by molar-refractivity contribution is 6.02. The number of carbonyl (C=O) groups excluding carboxylic acids is 1. The maximum absolute atomic E-state index is 12.4. The molecule has 0 fully saturated rings. The fraction of sp³-hybridized carbons (Fsp3) is 0.227. The molecule has 0 unspecified atom stereocenters. The van der Waals surface area contributed by atoms with E-state index in [1.165, 1.54) is 22.9 Å². The van der Waals surface area contributed by atoms with E-state index in [0.717, 1.165) is 11.4 Å². The van der Waals surface area contributed by atoms with Gasteiger partial charge in [-0.05, 0) is 60.7 Å². The molecule has 0 radical (unpaired) electrons. The molecule has 0 bridgehead atoms. The highest BCUT2D eigenvalue weighted by atomic mass is 16.1. The molecule has 0 saturated heterocycles. The van der Waals surface area contributed by atoms with Crippen molar-refractivity contribution in [3.8, 4) is 0 Å². The van der Waals surface area contributed by atoms with E-state index in [0.29, 0.717) is 11.7 Å². The van der Waals surface area contributed by atoms with Gasteiger partial charge in [0.1, 0.15) is 11.5 Å². The van der Waals surface area contributed by atoms with Crippen LogP contribution in [0, 0.1) is 13.8 Å². The largest absolute Gasteiger partial charge is 0.339 e. The van der Waals surface area contributed by atoms with Gasteiger partial charge in [0.2, 0.25) is 0 Å². The number of rotatable bonds is 5. The van der Waals surface area contributed by atoms with E-state index in [4.69, 9.17) is 0 Å². The van der Waals surface area contributed by atoms with E-state index in [1.54, 1.807) is 6.20 Å². The highest BCUT2D eigenvalue weighted by Gasteiger charge is 2.09. The normalized spacial score (nSPS) is 10.7. The van der Waals surface area contributed by atoms with Crippen LogP contribution in [0.1, 0.15) is 46.9 Å². The van der Waals surface area contributed by atoms with Crippen LogP contribution in [0.2, 0.25) is 0 Å². The number of hydrogen-bond donors (Lipinski definition) is 2. The number of carbonyl (C=O) groups is 1. The average Bonchev–Trinajstić information content (AvgIpc) is 2.62. The Morgan fingerprint density at radius 1 is 0.889 bits per heavy atom. The van der Waals surface area contributed by atoms with E-state index < -0.39 is 0 Å². The van der Waals surface area contributed by atoms with Crippen molar-refractivity contribution in [3.05, 3.63) is 77.2 Å². The summed E-state index contributed by atoms with van der Waals surface area (Å²) in [7, 11) is 0. The monoisotopic (exact) mass is 360 g/mol. The Balaban J connectivity index is 1.66. The van der Waals surface area contributed by atoms with Crippen LogP contribution in [0.3, 0.4) is 0 Å². The van der Waals surface area contributed by atoms with Gasteiger partial charge in [-0.25, -0.2) is 9.97 Å². The van der Waals surface area contributed by atoms with E-state index in [-0.39, 0.29) is 11.6 Å². The van der Waals surface area contributed by atoms with E-state index in [2.05, 4.69) is 40.5 Å². The third-order valence-electron chi connectivity index (χ3n) is 4.21. The van der Waals surface area contributed by atoms with E-state index in [9.17, 15) is 4.79 Å². The third-order valence-corrected chi connectivity index (χ3v) is 4.21. The van der Waals surface area contributed by atoms with Crippen molar-refractivity contribution >= 4 is 23.1 Å². The summed E-state index contributed by atoms with van der Waals surface area (Å²) >= 11 is 0. The number of aromatic nitrogens is 2. The summed E-state index contributed by atoms with van der Waals surface area (Å²) in [4.78, 5) is 20.9. The Labute approximate surface area is 159 Å². The van der Waals surface area contributed by atoms with Gasteiger partial charge in [-0.1, -0.05) is 32.0 Å². The van der Waals surface area contributed by atoms with Crippen LogP contribution in [0.15, 0.2) is 54.9 Å². The second-order valence-corrected chi connectivity index (χ2v) is 7.02. The number of benzene rings is 2. The molecule has 0 aliphatic carbocycles. The molecule has 1 aromatic heterocycles. The predicted octanol–water partition coefficient (Wildman–Crippen LogP) is 5.21. The minimum Gasteiger partial charge on any atom is -0.339 e. The second kappa shape index (κ2) is 7.99. The number of nitrogens with one attached hydrogen (secondary N) is 2. The lowest BCUT2D eigenvalue weighted by Crippen LogP contribution is -2.14. The Bertz CT molecular complexity index is 911. The third kappa shape index (κ3) is 4.91. The molecule has 3 rings (SSSR count). The van der Waals surface area contributed by atoms with Crippen molar-refractivity contribution in [2.45, 2.75) is 33.6 Å². The van der Waals surface area contributed by atoms with E-state index >= 15 is 0 Å². The Morgan fingerprint density at radius 2 is 1.56 bits per heavy atom. The van der Waals surface area contributed by atoms with E-state index in [1.807, 2.05) is 50.2 Å². The van der Waals surface area contributed by atoms with Crippen molar-refractivity contribution in [3.63, 3.8) is 0 Å². The van der Waals surface area contributed by atoms with Crippen LogP contribution in [-0.4, -0.2) is 15.9 Å². The zero-order valence-corrected chi connectivity index (χ0v) is 16.1. The smallest absolute Gasteiger partial charge is 0.275 e. The van der Waals surface area contributed by atoms with Crippen LogP contribution in [0.25, 0.3) is 0 Å². The summed E-state index contributed by atoms with van der Waals surface area (Å²) in [6.07, 6.45) is 3.04. The number of hydrogen-bond acceptors (Lipinski definition) is 4. The first-order valence-electron chi connectivity index (χ1n) is 8.99. The van der Waals surface area contributed by atoms with Crippen LogP contribution in [0.4, 0.5) is 17.2 Å². The molecule has 0 aliphatic heterocycles. The summed E-state index contributed by atoms with van der Waals surface area (Å²) < 4.78 is 0. The van der Waals surface area contributed by atoms with Gasteiger partial charge in [-0.15, -0.1) is 0 Å². The maximum atomic E-state index is 12.4. The maximum Gasteiger partial charge on any atom is 0.275 e. The molecule has 138 valence electrons. The molecular weight excluding hydrogens is 336 g/mol. The van der Waals surface area contributed by atoms with Crippen molar-refractivity contribution in [1.82, 2.24) is 9.97 Å². The van der Waals surface area contributed by atoms with Gasteiger partial charge in [-0.3, -0.25) is 4.79 Å². The molecule has 0 atom stereocenters. The second-order valence-electron chi connectivity index (χ2n) is 7.02. The average molecular weight is 360 g/mol. The fourth-order valence-corrected chi connectivity index (χ4v) is 2.85. The Morgan fingerprint density at radius 3 is 2.11 bits per heavy atom. The van der Waals surface area contributed by atoms with Gasteiger partial charge in [0.15, 0.2) is 0 Å². The number of anilines is 3. The zero-order valence-electron chi connectivity index (χ0n) is 16.1. The molecule has 1 amide bonds. The van der Waals surface area contributed by atoms with Crippen molar-refractivity contribution in [1.29, 1.82) is 0 Å². The highest BCUT2D eigenvalue weighted by Crippen LogP contribution is 2.19. The van der Waals surface area contributed by atoms with Gasteiger partial charge >= 0.3 is 0 Å². The Hall–Kier alpha value is -3.21. The molecular formula is C22H24N4O. The van der Waals surface area contributed by atoms with Crippen LogP contribution in [-0.2, 0) is 0 Å². The number of nitrogens with zero attached hydrogens (tertiary/aromatic N) is 2. The van der Waals surface area contributed by atoms with Gasteiger partial charge in [-0.2, -0.15) is 0 Å². The lowest BCUT2D eigenvalue weighted by Gasteiger charge is -2.09. The molecule has 1 heterocycles. The minimum absolute atomic E-state index is 0.272. The lowest BCUT2D eigenvalue weighted by atomic mass is 10.0. The predicted molar refractivity (Wildman–Crippen MR) is 110 cm³/mol. The lowest BCUT2D eigenvalue weighted by molar-refractivity contribution is 0.102. The SMILES string of the molecule is Cc1cc(C)cc(Nc2cnc(C(=O)Nc3ccc(C(C)C)cc3)cn2)c1. The van der Waals surface area contributed by atoms with Crippen LogP contribution < -0.4 is 10.6 Å². The van der Waals surface area contributed by atoms with Crippen molar-refractivity contribution < 1.29 is 4.79 Å². The molecule has 5 heteroatoms. The van der Waals surface area contributed by atoms with Gasteiger partial charge in [0, 0.05) is 11.4 Å². The summed E-state index contributed by atoms with van der Waals surface area (Å²) in [5.41, 5.74) is 5.53. The van der Waals surface area contributed by atoms with Crippen molar-refractivity contribution in [2.75, 3.05) is 10.6 Å². The first kappa shape index (κ1) is 18.6. The zero-order chi connectivity index (χ0) is 19.4. The summed E-state index contributed by atoms with van der Waals surface area (Å²) in [5, 5.41) is 6.06. The molecule has 2 N–H and O–H groups in total. The summed E-state index contributed by atoms with van der Waals surface area (Å²) in [6, 6.07) is 14.0. The summed E-state index contributed by atoms with van der Waals surface area (Å²) in [6.45, 7) is 8.36. The van der Waals surface area contributed by atoms with Gasteiger partial charge in [0.25, 0.3) is 5.91 Å². The molecule has 0 spiro atoms. The molecule has 0 aliphatic rings.